The lowest BCUT2D eigenvalue weighted by molar-refractivity contribution is -0.113. The summed E-state index contributed by atoms with van der Waals surface area (Å²) in [6.45, 7) is 2.04. The minimum Gasteiger partial charge on any atom is -0.378 e. The number of fused-ring (bicyclic) bond motifs is 1. The third-order valence-corrected chi connectivity index (χ3v) is 5.02. The van der Waals surface area contributed by atoms with Crippen LogP contribution in [0.2, 0.25) is 0 Å². The van der Waals surface area contributed by atoms with Crippen LogP contribution in [0.5, 0.6) is 0 Å². The van der Waals surface area contributed by atoms with Crippen molar-refractivity contribution in [3.63, 3.8) is 0 Å². The van der Waals surface area contributed by atoms with E-state index in [1.54, 1.807) is 24.0 Å². The van der Waals surface area contributed by atoms with E-state index in [1.165, 1.54) is 0 Å². The second kappa shape index (κ2) is 6.44. The Balaban J connectivity index is 2.11. The predicted molar refractivity (Wildman–Crippen MR) is 95.1 cm³/mol. The van der Waals surface area contributed by atoms with Crippen LogP contribution in [-0.4, -0.2) is 21.8 Å². The van der Waals surface area contributed by atoms with Crippen LogP contribution in [0.1, 0.15) is 18.1 Å². The van der Waals surface area contributed by atoms with Crippen molar-refractivity contribution in [2.24, 2.45) is 10.7 Å². The molecule has 2 aromatic rings. The summed E-state index contributed by atoms with van der Waals surface area (Å²) in [5.74, 6) is 0.539. The van der Waals surface area contributed by atoms with Crippen molar-refractivity contribution in [1.82, 2.24) is 4.98 Å². The second-order valence-corrected chi connectivity index (χ2v) is 7.02. The zero-order chi connectivity index (χ0) is 16.4. The lowest BCUT2D eigenvalue weighted by Crippen LogP contribution is -2.01. The molecule has 0 spiro atoms. The van der Waals surface area contributed by atoms with Crippen LogP contribution in [0.4, 0.5) is 0 Å². The Morgan fingerprint density at radius 1 is 1.48 bits per heavy atom. The zero-order valence-corrected chi connectivity index (χ0v) is 13.9. The highest BCUT2D eigenvalue weighted by Crippen LogP contribution is 2.32. The molecular formula is C16H12N4OS2. The number of carbonyl (C=O) groups is 1. The lowest BCUT2D eigenvalue weighted by atomic mass is 10.1. The molecule has 0 radical (unpaired) electrons. The molecule has 2 N–H and O–H groups in total. The Kier molecular flexibility index (Phi) is 4.37. The lowest BCUT2D eigenvalue weighted by Gasteiger charge is -2.08. The maximum atomic E-state index is 11.7. The molecule has 0 bridgehead atoms. The average Bonchev–Trinajstić information content (AvgIpc) is 2.85. The second-order valence-electron chi connectivity index (χ2n) is 4.69. The summed E-state index contributed by atoms with van der Waals surface area (Å²) >= 11 is 2.77. The van der Waals surface area contributed by atoms with E-state index in [4.69, 9.17) is 5.73 Å². The normalized spacial score (nSPS) is 15.9. The van der Waals surface area contributed by atoms with Gasteiger partial charge in [-0.3, -0.25) is 9.78 Å². The first-order valence-corrected chi connectivity index (χ1v) is 8.66. The molecule has 2 heterocycles. The minimum atomic E-state index is -0.320. The van der Waals surface area contributed by atoms with Gasteiger partial charge in [0.2, 0.25) is 0 Å². The van der Waals surface area contributed by atoms with Crippen LogP contribution in [0.25, 0.3) is 17.0 Å². The van der Waals surface area contributed by atoms with Gasteiger partial charge in [0.05, 0.1) is 16.0 Å². The number of aromatic nitrogens is 1. The Hall–Kier alpha value is -2.30. The van der Waals surface area contributed by atoms with Crippen molar-refractivity contribution in [2.75, 3.05) is 5.75 Å². The molecule has 114 valence electrons. The van der Waals surface area contributed by atoms with Crippen LogP contribution < -0.4 is 5.73 Å². The van der Waals surface area contributed by atoms with Gasteiger partial charge < -0.3 is 5.73 Å². The number of hydrogen-bond acceptors (Lipinski definition) is 6. The van der Waals surface area contributed by atoms with E-state index in [0.717, 1.165) is 38.9 Å². The van der Waals surface area contributed by atoms with Gasteiger partial charge in [-0.05, 0) is 41.3 Å². The fourth-order valence-electron chi connectivity index (χ4n) is 2.23. The Bertz CT molecular complexity index is 912. The quantitative estimate of drug-likeness (QED) is 0.681. The van der Waals surface area contributed by atoms with E-state index in [2.05, 4.69) is 16.0 Å². The van der Waals surface area contributed by atoms with Gasteiger partial charge in [0.15, 0.2) is 5.17 Å². The molecule has 1 aromatic carbocycles. The molecule has 7 heteroatoms. The highest BCUT2D eigenvalue weighted by Gasteiger charge is 2.19. The molecule has 5 nitrogen and oxygen atoms in total. The van der Waals surface area contributed by atoms with Gasteiger partial charge >= 0.3 is 0 Å². The Morgan fingerprint density at radius 3 is 2.96 bits per heavy atom. The van der Waals surface area contributed by atoms with E-state index in [-0.39, 0.29) is 11.1 Å². The number of nitriles is 1. The number of aliphatic imine (C=N–C) groups is 1. The number of hydrogen-bond donors (Lipinski definition) is 1. The first kappa shape index (κ1) is 15.6. The molecule has 0 saturated heterocycles. The average molecular weight is 340 g/mol. The topological polar surface area (TPSA) is 92.1 Å². The molecule has 1 amide bonds. The number of nitrogens with zero attached hydrogens (tertiary/aromatic N) is 3. The molecule has 1 aromatic heterocycles. The number of pyridine rings is 1. The van der Waals surface area contributed by atoms with Gasteiger partial charge in [-0.1, -0.05) is 13.0 Å². The maximum Gasteiger partial charge on any atom is 0.286 e. The van der Waals surface area contributed by atoms with Crippen LogP contribution >= 0.6 is 23.5 Å². The largest absolute Gasteiger partial charge is 0.378 e. The fourth-order valence-corrected chi connectivity index (χ4v) is 3.78. The zero-order valence-electron chi connectivity index (χ0n) is 12.2. The number of amidine groups is 1. The predicted octanol–water partition coefficient (Wildman–Crippen LogP) is 3.15. The van der Waals surface area contributed by atoms with Crippen LogP contribution in [-0.2, 0) is 4.79 Å². The Labute approximate surface area is 141 Å². The summed E-state index contributed by atoms with van der Waals surface area (Å²) in [5, 5.41) is 10.4. The molecule has 1 aliphatic heterocycles. The van der Waals surface area contributed by atoms with E-state index >= 15 is 0 Å². The van der Waals surface area contributed by atoms with Crippen LogP contribution in [0.3, 0.4) is 0 Å². The molecule has 0 unspecified atom stereocenters. The van der Waals surface area contributed by atoms with Gasteiger partial charge in [0, 0.05) is 16.5 Å². The number of benzene rings is 1. The summed E-state index contributed by atoms with van der Waals surface area (Å²) < 4.78 is 0. The number of rotatable bonds is 3. The van der Waals surface area contributed by atoms with Crippen molar-refractivity contribution < 1.29 is 4.79 Å². The number of thioether (sulfide) groups is 2. The van der Waals surface area contributed by atoms with Gasteiger partial charge in [-0.15, -0.1) is 11.8 Å². The maximum absolute atomic E-state index is 11.7. The molecule has 0 fully saturated rings. The number of carbonyl (C=O) groups excluding carboxylic acids is 1. The van der Waals surface area contributed by atoms with Crippen LogP contribution in [0.15, 0.2) is 39.2 Å². The number of nitrogens with two attached hydrogens (primary N) is 1. The van der Waals surface area contributed by atoms with E-state index in [1.807, 2.05) is 25.1 Å². The fraction of sp³-hybridized carbons (Fsp3) is 0.125. The molecule has 3 rings (SSSR count). The summed E-state index contributed by atoms with van der Waals surface area (Å²) in [5.41, 5.74) is 7.80. The van der Waals surface area contributed by atoms with Crippen molar-refractivity contribution in [3.05, 3.63) is 40.4 Å². The Morgan fingerprint density at radius 2 is 2.30 bits per heavy atom. The molecule has 0 aliphatic carbocycles. The molecule has 0 atom stereocenters. The first-order chi connectivity index (χ1) is 11.1. The molecule has 1 aliphatic rings. The van der Waals surface area contributed by atoms with E-state index < -0.39 is 0 Å². The summed E-state index contributed by atoms with van der Waals surface area (Å²) in [6, 6.07) is 7.90. The summed E-state index contributed by atoms with van der Waals surface area (Å²) in [6.07, 6.45) is 3.36. The highest BCUT2D eigenvalue weighted by molar-refractivity contribution is 8.18. The SMILES string of the molecule is CCSc1c(C#N)cnc2ccc(/C=C3\SC(N)=NC3=O)cc12. The molecular weight excluding hydrogens is 328 g/mol. The number of amides is 1. The van der Waals surface area contributed by atoms with E-state index in [9.17, 15) is 10.1 Å². The standard InChI is InChI=1S/C16H12N4OS2/c1-2-22-14-10(7-17)8-19-12-4-3-9(5-11(12)14)6-13-15(21)20-16(18)23-13/h3-6,8H,2H2,1H3,(H2,18,20,21)/b13-6-. The van der Waals surface area contributed by atoms with Gasteiger partial charge in [0.25, 0.3) is 5.91 Å². The highest BCUT2D eigenvalue weighted by atomic mass is 32.2. The molecule has 23 heavy (non-hydrogen) atoms. The van der Waals surface area contributed by atoms with Gasteiger partial charge in [0.1, 0.15) is 6.07 Å². The third kappa shape index (κ3) is 3.09. The smallest absolute Gasteiger partial charge is 0.286 e. The van der Waals surface area contributed by atoms with Crippen LogP contribution in [0, 0.1) is 11.3 Å². The van der Waals surface area contributed by atoms with E-state index in [0.29, 0.717) is 10.5 Å². The van der Waals surface area contributed by atoms with Crippen molar-refractivity contribution in [1.29, 1.82) is 5.26 Å². The van der Waals surface area contributed by atoms with Crippen molar-refractivity contribution in [3.8, 4) is 6.07 Å². The van der Waals surface area contributed by atoms with Gasteiger partial charge in [-0.25, -0.2) is 0 Å². The monoisotopic (exact) mass is 340 g/mol. The van der Waals surface area contributed by atoms with Crippen molar-refractivity contribution in [2.45, 2.75) is 11.8 Å². The van der Waals surface area contributed by atoms with Crippen molar-refractivity contribution >= 4 is 51.6 Å². The molecule has 0 saturated carbocycles. The minimum absolute atomic E-state index is 0.262. The van der Waals surface area contributed by atoms with Gasteiger partial charge in [-0.2, -0.15) is 10.3 Å². The summed E-state index contributed by atoms with van der Waals surface area (Å²) in [7, 11) is 0. The third-order valence-electron chi connectivity index (χ3n) is 3.19. The summed E-state index contributed by atoms with van der Waals surface area (Å²) in [4.78, 5) is 21.1. The first-order valence-electron chi connectivity index (χ1n) is 6.86.